The summed E-state index contributed by atoms with van der Waals surface area (Å²) >= 11 is 0. The largest absolute Gasteiger partial charge is 0.341 e. The van der Waals surface area contributed by atoms with Gasteiger partial charge in [-0.05, 0) is 31.5 Å². The highest BCUT2D eigenvalue weighted by Gasteiger charge is 2.29. The van der Waals surface area contributed by atoms with Crippen molar-refractivity contribution in [1.29, 1.82) is 0 Å². The van der Waals surface area contributed by atoms with Crippen LogP contribution in [-0.4, -0.2) is 46.2 Å². The third-order valence-electron chi connectivity index (χ3n) is 4.04. The summed E-state index contributed by atoms with van der Waals surface area (Å²) in [5.74, 6) is 0.0956. The molecule has 0 saturated carbocycles. The highest BCUT2D eigenvalue weighted by molar-refractivity contribution is 6.00. The van der Waals surface area contributed by atoms with E-state index in [-0.39, 0.29) is 18.0 Å². The van der Waals surface area contributed by atoms with Crippen molar-refractivity contribution < 1.29 is 9.59 Å². The van der Waals surface area contributed by atoms with Crippen molar-refractivity contribution in [3.63, 3.8) is 0 Å². The van der Waals surface area contributed by atoms with Crippen molar-refractivity contribution >= 4 is 28.5 Å². The minimum atomic E-state index is -0.312. The Kier molecular flexibility index (Phi) is 4.59. The molecule has 2 heterocycles. The van der Waals surface area contributed by atoms with E-state index in [1.54, 1.807) is 4.90 Å². The summed E-state index contributed by atoms with van der Waals surface area (Å²) in [6.07, 6.45) is 1.27. The van der Waals surface area contributed by atoms with Crippen LogP contribution in [-0.2, 0) is 4.79 Å². The summed E-state index contributed by atoms with van der Waals surface area (Å²) in [6.45, 7) is 5.20. The lowest BCUT2D eigenvalue weighted by atomic mass is 10.2. The summed E-state index contributed by atoms with van der Waals surface area (Å²) < 4.78 is 0. The van der Waals surface area contributed by atoms with Crippen LogP contribution in [0.2, 0.25) is 0 Å². The predicted octanol–water partition coefficient (Wildman–Crippen LogP) is 2.07. The number of amides is 3. The number of carbonyl (C=O) groups is 2. The smallest absolute Gasteiger partial charge is 0.319 e. The van der Waals surface area contributed by atoms with Crippen LogP contribution in [0, 0.1) is 6.92 Å². The second-order valence-corrected chi connectivity index (χ2v) is 6.06. The maximum atomic E-state index is 12.3. The van der Waals surface area contributed by atoms with Gasteiger partial charge < -0.3 is 15.5 Å². The van der Waals surface area contributed by atoms with Crippen LogP contribution in [0.15, 0.2) is 24.3 Å². The van der Waals surface area contributed by atoms with Gasteiger partial charge in [0.1, 0.15) is 0 Å². The number of benzene rings is 1. The Bertz CT molecular complexity index is 777. The van der Waals surface area contributed by atoms with E-state index in [9.17, 15) is 9.59 Å². The van der Waals surface area contributed by atoms with Crippen molar-refractivity contribution in [2.75, 3.05) is 18.4 Å². The molecule has 1 saturated heterocycles. The van der Waals surface area contributed by atoms with Crippen molar-refractivity contribution in [2.45, 2.75) is 32.7 Å². The average molecular weight is 327 g/mol. The fourth-order valence-electron chi connectivity index (χ4n) is 2.97. The second kappa shape index (κ2) is 6.82. The van der Waals surface area contributed by atoms with E-state index >= 15 is 0 Å². The molecule has 0 spiro atoms. The van der Waals surface area contributed by atoms with E-state index < -0.39 is 0 Å². The number of hydrogen-bond acceptors (Lipinski definition) is 4. The zero-order valence-electron chi connectivity index (χ0n) is 13.9. The molecule has 1 fully saturated rings. The number of nitrogens with one attached hydrogen (secondary N) is 2. The van der Waals surface area contributed by atoms with Crippen molar-refractivity contribution in [1.82, 2.24) is 20.4 Å². The monoisotopic (exact) mass is 327 g/mol. The number of fused-ring (bicyclic) bond motifs is 1. The summed E-state index contributed by atoms with van der Waals surface area (Å²) in [4.78, 5) is 25.9. The Morgan fingerprint density at radius 3 is 3.00 bits per heavy atom. The average Bonchev–Trinajstić information content (AvgIpc) is 2.88. The molecule has 2 aromatic rings. The van der Waals surface area contributed by atoms with Crippen LogP contribution in [0.5, 0.6) is 0 Å². The Hall–Kier alpha value is -2.70. The van der Waals surface area contributed by atoms with Crippen LogP contribution in [0.3, 0.4) is 0 Å². The van der Waals surface area contributed by atoms with Gasteiger partial charge in [0, 0.05) is 24.9 Å². The number of carbonyl (C=O) groups excluding carboxylic acids is 2. The molecule has 0 bridgehead atoms. The van der Waals surface area contributed by atoms with Gasteiger partial charge in [0.15, 0.2) is 0 Å². The molecule has 0 radical (unpaired) electrons. The third-order valence-corrected chi connectivity index (χ3v) is 4.04. The van der Waals surface area contributed by atoms with Crippen LogP contribution >= 0.6 is 0 Å². The Balaban J connectivity index is 1.68. The lowest BCUT2D eigenvalue weighted by molar-refractivity contribution is -0.127. The van der Waals surface area contributed by atoms with E-state index in [0.717, 1.165) is 29.6 Å². The first-order valence-corrected chi connectivity index (χ1v) is 8.15. The third kappa shape index (κ3) is 3.45. The number of aryl methyl sites for hydroxylation is 1. The van der Waals surface area contributed by atoms with Gasteiger partial charge >= 0.3 is 6.03 Å². The maximum absolute atomic E-state index is 12.3. The number of anilines is 1. The molecule has 0 unspecified atom stereocenters. The number of likely N-dealkylation sites (tertiary alicyclic amines) is 1. The number of rotatable bonds is 4. The van der Waals surface area contributed by atoms with Crippen LogP contribution in [0.25, 0.3) is 10.9 Å². The quantitative estimate of drug-likeness (QED) is 0.900. The van der Waals surface area contributed by atoms with Gasteiger partial charge in [-0.25, -0.2) is 4.79 Å². The Morgan fingerprint density at radius 2 is 2.21 bits per heavy atom. The lowest BCUT2D eigenvalue weighted by Crippen LogP contribution is -2.39. The molecule has 1 aliphatic rings. The first-order valence-electron chi connectivity index (χ1n) is 8.15. The molecule has 1 aliphatic heterocycles. The molecular formula is C17H21N5O2. The Labute approximate surface area is 140 Å². The van der Waals surface area contributed by atoms with Gasteiger partial charge in [0.25, 0.3) is 0 Å². The van der Waals surface area contributed by atoms with E-state index in [4.69, 9.17) is 0 Å². The highest BCUT2D eigenvalue weighted by Crippen LogP contribution is 2.22. The molecule has 7 nitrogen and oxygen atoms in total. The van der Waals surface area contributed by atoms with Gasteiger partial charge in [-0.15, -0.1) is 0 Å². The zero-order valence-corrected chi connectivity index (χ0v) is 13.9. The molecular weight excluding hydrogens is 306 g/mol. The van der Waals surface area contributed by atoms with Crippen LogP contribution in [0.4, 0.5) is 10.5 Å². The van der Waals surface area contributed by atoms with Crippen LogP contribution in [0.1, 0.15) is 25.5 Å². The first kappa shape index (κ1) is 16.2. The van der Waals surface area contributed by atoms with Gasteiger partial charge in [-0.3, -0.25) is 4.79 Å². The second-order valence-electron chi connectivity index (χ2n) is 6.06. The van der Waals surface area contributed by atoms with Crippen molar-refractivity contribution in [2.24, 2.45) is 0 Å². The summed E-state index contributed by atoms with van der Waals surface area (Å²) in [7, 11) is 0. The summed E-state index contributed by atoms with van der Waals surface area (Å²) in [5, 5.41) is 14.7. The van der Waals surface area contributed by atoms with E-state index in [1.807, 2.05) is 38.1 Å². The van der Waals surface area contributed by atoms with Gasteiger partial charge in [-0.2, -0.15) is 10.2 Å². The first-order chi connectivity index (χ1) is 11.6. The summed E-state index contributed by atoms with van der Waals surface area (Å²) in [5.41, 5.74) is 2.19. The molecule has 7 heteroatoms. The number of nitrogens with zero attached hydrogens (tertiary/aromatic N) is 3. The van der Waals surface area contributed by atoms with Crippen LogP contribution < -0.4 is 10.6 Å². The van der Waals surface area contributed by atoms with Crippen molar-refractivity contribution in [3.8, 4) is 0 Å². The van der Waals surface area contributed by atoms with Gasteiger partial charge in [0.05, 0.1) is 22.9 Å². The molecule has 24 heavy (non-hydrogen) atoms. The normalized spacial score (nSPS) is 17.3. The summed E-state index contributed by atoms with van der Waals surface area (Å²) in [6, 6.07) is 6.92. The van der Waals surface area contributed by atoms with Gasteiger partial charge in [0.2, 0.25) is 5.91 Å². The molecule has 0 aliphatic carbocycles. The molecule has 3 rings (SSSR count). The van der Waals surface area contributed by atoms with Crippen molar-refractivity contribution in [3.05, 3.63) is 30.0 Å². The molecule has 126 valence electrons. The van der Waals surface area contributed by atoms with Gasteiger partial charge in [-0.1, -0.05) is 13.0 Å². The minimum absolute atomic E-state index is 0.0956. The fraction of sp³-hybridized carbons (Fsp3) is 0.412. The molecule has 3 amide bonds. The van der Waals surface area contributed by atoms with E-state index in [2.05, 4.69) is 20.8 Å². The molecule has 1 aromatic carbocycles. The fourth-order valence-corrected chi connectivity index (χ4v) is 2.97. The number of hydrogen-bond donors (Lipinski definition) is 2. The molecule has 2 N–H and O–H groups in total. The lowest BCUT2D eigenvalue weighted by Gasteiger charge is -2.16. The maximum Gasteiger partial charge on any atom is 0.319 e. The zero-order chi connectivity index (χ0) is 17.1. The van der Waals surface area contributed by atoms with E-state index in [1.165, 1.54) is 0 Å². The highest BCUT2D eigenvalue weighted by atomic mass is 16.2. The number of urea groups is 1. The topological polar surface area (TPSA) is 87.2 Å². The Morgan fingerprint density at radius 1 is 1.38 bits per heavy atom. The minimum Gasteiger partial charge on any atom is -0.341 e. The SMILES string of the molecule is CCCN1C[C@@H](NC(=O)Nc2cccc3nnc(C)cc23)CC1=O. The predicted molar refractivity (Wildman–Crippen MR) is 91.7 cm³/mol. The van der Waals surface area contributed by atoms with E-state index in [0.29, 0.717) is 18.7 Å². The molecule has 1 atom stereocenters. The molecule has 1 aromatic heterocycles. The number of aromatic nitrogens is 2. The standard InChI is InChI=1S/C17H21N5O2/c1-3-7-22-10-12(9-16(22)23)18-17(24)19-14-5-4-6-15-13(14)8-11(2)20-21-15/h4-6,8,12H,3,7,9-10H2,1-2H3,(H2,18,19,24)/t12-/m0/s1.